The predicted octanol–water partition coefficient (Wildman–Crippen LogP) is 0.699. The summed E-state index contributed by atoms with van der Waals surface area (Å²) >= 11 is 2.06. The number of aryl methyl sites for hydroxylation is 1. The zero-order chi connectivity index (χ0) is 10.7. The van der Waals surface area contributed by atoms with Gasteiger partial charge in [-0.05, 0) is 30.9 Å². The number of thioether (sulfide) groups is 1. The van der Waals surface area contributed by atoms with Crippen molar-refractivity contribution in [2.75, 3.05) is 18.6 Å². The van der Waals surface area contributed by atoms with E-state index in [0.29, 0.717) is 6.04 Å². The highest BCUT2D eigenvalue weighted by Gasteiger charge is 2.25. The summed E-state index contributed by atoms with van der Waals surface area (Å²) in [4.78, 5) is 4.28. The number of nitrogens with zero attached hydrogens (tertiary/aromatic N) is 3. The van der Waals surface area contributed by atoms with Crippen molar-refractivity contribution in [2.45, 2.75) is 18.9 Å². The van der Waals surface area contributed by atoms with Crippen LogP contribution >= 0.6 is 11.8 Å². The van der Waals surface area contributed by atoms with Gasteiger partial charge in [0.25, 0.3) is 0 Å². The number of nitrogens with one attached hydrogen (secondary N) is 1. The van der Waals surface area contributed by atoms with Gasteiger partial charge in [0.05, 0.1) is 0 Å². The molecule has 2 rings (SSSR count). The molecule has 1 N–H and O–H groups in total. The smallest absolute Gasteiger partial charge is 0.138 e. The van der Waals surface area contributed by atoms with Crippen LogP contribution in [-0.4, -0.2) is 39.4 Å². The van der Waals surface area contributed by atoms with E-state index in [-0.39, 0.29) is 0 Å². The van der Waals surface area contributed by atoms with Crippen molar-refractivity contribution < 1.29 is 0 Å². The molecule has 4 nitrogen and oxygen atoms in total. The lowest BCUT2D eigenvalue weighted by Gasteiger charge is -2.21. The van der Waals surface area contributed by atoms with Gasteiger partial charge >= 0.3 is 0 Å². The van der Waals surface area contributed by atoms with E-state index in [0.717, 1.165) is 18.2 Å². The molecular weight excluding hydrogens is 208 g/mol. The van der Waals surface area contributed by atoms with E-state index in [1.54, 1.807) is 6.33 Å². The minimum Gasteiger partial charge on any atom is -0.316 e. The molecular formula is C10H18N4S. The molecule has 0 bridgehead atoms. The molecule has 0 amide bonds. The van der Waals surface area contributed by atoms with Crippen LogP contribution in [0.5, 0.6) is 0 Å². The Hall–Kier alpha value is -0.550. The lowest BCUT2D eigenvalue weighted by atomic mass is 9.96. The summed E-state index contributed by atoms with van der Waals surface area (Å²) in [5, 5.41) is 7.52. The lowest BCUT2D eigenvalue weighted by molar-refractivity contribution is 0.393. The molecule has 2 heterocycles. The zero-order valence-corrected chi connectivity index (χ0v) is 10.1. The molecule has 0 spiro atoms. The van der Waals surface area contributed by atoms with Crippen molar-refractivity contribution in [2.24, 2.45) is 13.0 Å². The van der Waals surface area contributed by atoms with Gasteiger partial charge in [0.15, 0.2) is 0 Å². The van der Waals surface area contributed by atoms with E-state index in [4.69, 9.17) is 0 Å². The Labute approximate surface area is 94.8 Å². The Morgan fingerprint density at radius 3 is 3.13 bits per heavy atom. The molecule has 1 aliphatic rings. The Bertz CT molecular complexity index is 306. The van der Waals surface area contributed by atoms with E-state index in [1.807, 2.05) is 18.8 Å². The number of likely N-dealkylation sites (N-methyl/N-ethyl adjacent to an activating group) is 1. The Morgan fingerprint density at radius 2 is 2.60 bits per heavy atom. The minimum atomic E-state index is 0.544. The lowest BCUT2D eigenvalue weighted by Crippen LogP contribution is -2.36. The summed E-state index contributed by atoms with van der Waals surface area (Å²) < 4.78 is 1.87. The third-order valence-corrected chi connectivity index (χ3v) is 4.30. The molecule has 1 fully saturated rings. The molecule has 2 unspecified atom stereocenters. The maximum atomic E-state index is 4.28. The fourth-order valence-electron chi connectivity index (χ4n) is 2.08. The Morgan fingerprint density at radius 1 is 1.73 bits per heavy atom. The molecule has 0 radical (unpaired) electrons. The van der Waals surface area contributed by atoms with Gasteiger partial charge in [-0.15, -0.1) is 0 Å². The van der Waals surface area contributed by atoms with Crippen LogP contribution in [0.15, 0.2) is 6.33 Å². The van der Waals surface area contributed by atoms with Gasteiger partial charge in [0.1, 0.15) is 12.2 Å². The average Bonchev–Trinajstić information content (AvgIpc) is 2.86. The zero-order valence-electron chi connectivity index (χ0n) is 9.31. The first-order chi connectivity index (χ1) is 7.31. The molecule has 1 saturated heterocycles. The topological polar surface area (TPSA) is 42.7 Å². The van der Waals surface area contributed by atoms with Crippen LogP contribution in [0, 0.1) is 5.92 Å². The molecule has 84 valence electrons. The number of hydrogen-bond donors (Lipinski definition) is 1. The predicted molar refractivity (Wildman–Crippen MR) is 63.0 cm³/mol. The van der Waals surface area contributed by atoms with Crippen LogP contribution in [0.3, 0.4) is 0 Å². The van der Waals surface area contributed by atoms with Gasteiger partial charge in [-0.3, -0.25) is 4.68 Å². The summed E-state index contributed by atoms with van der Waals surface area (Å²) in [7, 11) is 4.00. The molecule has 1 aromatic heterocycles. The third kappa shape index (κ3) is 2.52. The van der Waals surface area contributed by atoms with Gasteiger partial charge in [-0.1, -0.05) is 0 Å². The average molecular weight is 226 g/mol. The molecule has 1 aromatic rings. The Kier molecular flexibility index (Phi) is 3.64. The molecule has 1 aliphatic heterocycles. The molecule has 5 heteroatoms. The highest BCUT2D eigenvalue weighted by Crippen LogP contribution is 2.27. The van der Waals surface area contributed by atoms with Crippen molar-refractivity contribution in [1.82, 2.24) is 20.1 Å². The largest absolute Gasteiger partial charge is 0.316 e. The summed E-state index contributed by atoms with van der Waals surface area (Å²) in [6, 6.07) is 0.544. The maximum Gasteiger partial charge on any atom is 0.138 e. The number of rotatable bonds is 4. The summed E-state index contributed by atoms with van der Waals surface area (Å²) in [5.74, 6) is 4.45. The highest BCUT2D eigenvalue weighted by atomic mass is 32.2. The standard InChI is InChI=1S/C10H18N4S/c1-11-9(8-3-4-15-6-8)5-10-12-7-13-14(10)2/h7-9,11H,3-6H2,1-2H3. The van der Waals surface area contributed by atoms with Crippen LogP contribution in [0.25, 0.3) is 0 Å². The summed E-state index contributed by atoms with van der Waals surface area (Å²) in [5.41, 5.74) is 0. The van der Waals surface area contributed by atoms with Crippen molar-refractivity contribution in [3.8, 4) is 0 Å². The first-order valence-electron chi connectivity index (χ1n) is 5.39. The Balaban J connectivity index is 1.98. The fourth-order valence-corrected chi connectivity index (χ4v) is 3.41. The van der Waals surface area contributed by atoms with Gasteiger partial charge in [0.2, 0.25) is 0 Å². The molecule has 15 heavy (non-hydrogen) atoms. The first kappa shape index (κ1) is 11.0. The molecule has 0 saturated carbocycles. The van der Waals surface area contributed by atoms with Crippen molar-refractivity contribution in [3.05, 3.63) is 12.2 Å². The van der Waals surface area contributed by atoms with Gasteiger partial charge in [0, 0.05) is 19.5 Å². The molecule has 2 atom stereocenters. The molecule has 0 aromatic carbocycles. The quantitative estimate of drug-likeness (QED) is 0.820. The SMILES string of the molecule is CNC(Cc1ncnn1C)C1CCSC1. The second-order valence-electron chi connectivity index (χ2n) is 4.02. The fraction of sp³-hybridized carbons (Fsp3) is 0.800. The van der Waals surface area contributed by atoms with Crippen LogP contribution in [-0.2, 0) is 13.5 Å². The van der Waals surface area contributed by atoms with Crippen molar-refractivity contribution in [3.63, 3.8) is 0 Å². The maximum absolute atomic E-state index is 4.28. The second kappa shape index (κ2) is 4.99. The van der Waals surface area contributed by atoms with E-state index >= 15 is 0 Å². The summed E-state index contributed by atoms with van der Waals surface area (Å²) in [6.45, 7) is 0. The van der Waals surface area contributed by atoms with Crippen LogP contribution < -0.4 is 5.32 Å². The van der Waals surface area contributed by atoms with Crippen molar-refractivity contribution >= 4 is 11.8 Å². The van der Waals surface area contributed by atoms with Crippen molar-refractivity contribution in [1.29, 1.82) is 0 Å². The van der Waals surface area contributed by atoms with Gasteiger partial charge in [-0.2, -0.15) is 16.9 Å². The van der Waals surface area contributed by atoms with E-state index < -0.39 is 0 Å². The van der Waals surface area contributed by atoms with Crippen LogP contribution in [0.4, 0.5) is 0 Å². The normalized spacial score (nSPS) is 23.2. The third-order valence-electron chi connectivity index (χ3n) is 3.11. The highest BCUT2D eigenvalue weighted by molar-refractivity contribution is 7.99. The second-order valence-corrected chi connectivity index (χ2v) is 5.17. The monoisotopic (exact) mass is 226 g/mol. The molecule has 0 aliphatic carbocycles. The number of hydrogen-bond acceptors (Lipinski definition) is 4. The summed E-state index contributed by atoms with van der Waals surface area (Å²) in [6.07, 6.45) is 3.94. The van der Waals surface area contributed by atoms with Gasteiger partial charge in [-0.25, -0.2) is 4.98 Å². The number of aromatic nitrogens is 3. The van der Waals surface area contributed by atoms with Crippen LogP contribution in [0.2, 0.25) is 0 Å². The minimum absolute atomic E-state index is 0.544. The van der Waals surface area contributed by atoms with Gasteiger partial charge < -0.3 is 5.32 Å². The van der Waals surface area contributed by atoms with Crippen LogP contribution in [0.1, 0.15) is 12.2 Å². The van der Waals surface area contributed by atoms with E-state index in [1.165, 1.54) is 17.9 Å². The first-order valence-corrected chi connectivity index (χ1v) is 6.54. The van der Waals surface area contributed by atoms with E-state index in [2.05, 4.69) is 27.2 Å². The van der Waals surface area contributed by atoms with E-state index in [9.17, 15) is 0 Å².